The van der Waals surface area contributed by atoms with Crippen LogP contribution in [0.4, 0.5) is 0 Å². The summed E-state index contributed by atoms with van der Waals surface area (Å²) in [6.07, 6.45) is -8.83. The Balaban J connectivity index is 1.91. The van der Waals surface area contributed by atoms with Crippen molar-refractivity contribution in [2.24, 2.45) is 5.92 Å². The lowest BCUT2D eigenvalue weighted by molar-refractivity contribution is -0.327. The maximum atomic E-state index is 12.1. The largest absolute Gasteiger partial charge is 0.468 e. The van der Waals surface area contributed by atoms with Gasteiger partial charge in [0, 0.05) is 24.0 Å². The van der Waals surface area contributed by atoms with Crippen molar-refractivity contribution in [2.75, 3.05) is 20.3 Å². The first-order chi connectivity index (χ1) is 14.7. The van der Waals surface area contributed by atoms with E-state index in [4.69, 9.17) is 23.7 Å². The Morgan fingerprint density at radius 2 is 1.87 bits per heavy atom. The zero-order valence-electron chi connectivity index (χ0n) is 16.9. The minimum atomic E-state index is -1.69. The average Bonchev–Trinajstić information content (AvgIpc) is 3.08. The molecule has 0 saturated carbocycles. The number of carbonyl (C=O) groups excluding carboxylic acids is 2. The fourth-order valence-electron chi connectivity index (χ4n) is 3.88. The van der Waals surface area contributed by atoms with E-state index in [0.717, 1.165) is 6.26 Å². The lowest BCUT2D eigenvalue weighted by Crippen LogP contribution is -2.60. The molecule has 0 aromatic heterocycles. The molecule has 2 heterocycles. The van der Waals surface area contributed by atoms with Gasteiger partial charge in [-0.2, -0.15) is 0 Å². The molecule has 1 saturated heterocycles. The fourth-order valence-corrected chi connectivity index (χ4v) is 3.88. The summed E-state index contributed by atoms with van der Waals surface area (Å²) in [7, 11) is 1.19. The Hall–Kier alpha value is -2.06. The molecule has 8 atom stereocenters. The highest BCUT2D eigenvalue weighted by Gasteiger charge is 2.49. The van der Waals surface area contributed by atoms with Gasteiger partial charge in [-0.25, -0.2) is 4.79 Å². The van der Waals surface area contributed by atoms with Crippen LogP contribution in [0.3, 0.4) is 0 Å². The van der Waals surface area contributed by atoms with Gasteiger partial charge in [-0.1, -0.05) is 0 Å². The lowest BCUT2D eigenvalue weighted by atomic mass is 9.90. The minimum Gasteiger partial charge on any atom is -0.468 e. The van der Waals surface area contributed by atoms with Crippen LogP contribution in [0.15, 0.2) is 23.0 Å². The second-order valence-corrected chi connectivity index (χ2v) is 7.43. The summed E-state index contributed by atoms with van der Waals surface area (Å²) in [6, 6.07) is 0. The van der Waals surface area contributed by atoms with Crippen molar-refractivity contribution in [1.82, 2.24) is 0 Å². The van der Waals surface area contributed by atoms with Crippen molar-refractivity contribution in [3.05, 3.63) is 23.0 Å². The zero-order chi connectivity index (χ0) is 22.9. The van der Waals surface area contributed by atoms with Crippen LogP contribution >= 0.6 is 0 Å². The number of fused-ring (bicyclic) bond motifs is 1. The number of esters is 2. The van der Waals surface area contributed by atoms with Gasteiger partial charge < -0.3 is 49.2 Å². The van der Waals surface area contributed by atoms with E-state index in [1.54, 1.807) is 0 Å². The van der Waals surface area contributed by atoms with Crippen LogP contribution in [0.1, 0.15) is 13.3 Å². The Morgan fingerprint density at radius 3 is 2.48 bits per heavy atom. The maximum Gasteiger partial charge on any atom is 0.337 e. The standard InChI is InChI=1S/C19H26O12/c1-7(21)28-6-10-11(22)3-8-9(17(26)27-2)5-29-18(13(8)10)31-19-16(25)15(24)14(23)12(4-20)30-19/h5,8,11-12,14-16,18-20,22-25H,3-4,6H2,1-2H3. The van der Waals surface area contributed by atoms with E-state index < -0.39 is 67.6 Å². The van der Waals surface area contributed by atoms with Crippen LogP contribution < -0.4 is 0 Å². The first kappa shape index (κ1) is 23.6. The van der Waals surface area contributed by atoms with E-state index in [1.165, 1.54) is 14.0 Å². The molecule has 2 aliphatic heterocycles. The number of hydrogen-bond donors (Lipinski definition) is 5. The van der Waals surface area contributed by atoms with Crippen molar-refractivity contribution in [3.8, 4) is 0 Å². The Labute approximate surface area is 177 Å². The number of aliphatic hydroxyl groups excluding tert-OH is 5. The van der Waals surface area contributed by atoms with Gasteiger partial charge in [-0.05, 0) is 6.42 Å². The number of ether oxygens (including phenoxy) is 5. The first-order valence-corrected chi connectivity index (χ1v) is 9.63. The van der Waals surface area contributed by atoms with Gasteiger partial charge >= 0.3 is 11.9 Å². The number of methoxy groups -OCH3 is 1. The second-order valence-electron chi connectivity index (χ2n) is 7.43. The van der Waals surface area contributed by atoms with Gasteiger partial charge in [-0.15, -0.1) is 0 Å². The summed E-state index contributed by atoms with van der Waals surface area (Å²) < 4.78 is 26.3. The number of carbonyl (C=O) groups is 2. The monoisotopic (exact) mass is 446 g/mol. The number of aliphatic hydroxyl groups is 5. The Kier molecular flexibility index (Phi) is 7.31. The first-order valence-electron chi connectivity index (χ1n) is 9.63. The quantitative estimate of drug-likeness (QED) is 0.213. The molecule has 0 aromatic rings. The third-order valence-corrected chi connectivity index (χ3v) is 5.51. The topological polar surface area (TPSA) is 181 Å². The third kappa shape index (κ3) is 4.60. The van der Waals surface area contributed by atoms with Crippen LogP contribution in [-0.2, 0) is 33.3 Å². The summed E-state index contributed by atoms with van der Waals surface area (Å²) >= 11 is 0. The minimum absolute atomic E-state index is 0.0742. The molecule has 1 aliphatic carbocycles. The predicted molar refractivity (Wildman–Crippen MR) is 97.6 cm³/mol. The van der Waals surface area contributed by atoms with Crippen LogP contribution in [0.2, 0.25) is 0 Å². The molecule has 3 rings (SSSR count). The normalized spacial score (nSPS) is 37.6. The van der Waals surface area contributed by atoms with Crippen molar-refractivity contribution < 1.29 is 58.8 Å². The van der Waals surface area contributed by atoms with E-state index in [0.29, 0.717) is 0 Å². The van der Waals surface area contributed by atoms with Crippen molar-refractivity contribution in [3.63, 3.8) is 0 Å². The Morgan fingerprint density at radius 1 is 1.16 bits per heavy atom. The number of rotatable bonds is 6. The molecule has 12 nitrogen and oxygen atoms in total. The summed E-state index contributed by atoms with van der Waals surface area (Å²) in [5, 5.41) is 50.0. The van der Waals surface area contributed by atoms with E-state index in [1.807, 2.05) is 0 Å². The van der Waals surface area contributed by atoms with Crippen molar-refractivity contribution in [2.45, 2.75) is 56.4 Å². The van der Waals surface area contributed by atoms with E-state index >= 15 is 0 Å². The van der Waals surface area contributed by atoms with Gasteiger partial charge in [-0.3, -0.25) is 4.79 Å². The molecule has 0 aromatic carbocycles. The summed E-state index contributed by atoms with van der Waals surface area (Å²) in [5.41, 5.74) is 0.654. The molecular weight excluding hydrogens is 420 g/mol. The smallest absolute Gasteiger partial charge is 0.337 e. The SMILES string of the molecule is COC(=O)C1=COC(OC2OC(CO)C(O)C(O)C2O)C2=C(COC(C)=O)C(O)CC12. The lowest BCUT2D eigenvalue weighted by Gasteiger charge is -2.41. The molecular formula is C19H26O12. The highest BCUT2D eigenvalue weighted by Crippen LogP contribution is 2.44. The summed E-state index contributed by atoms with van der Waals surface area (Å²) in [4.78, 5) is 23.4. The molecule has 1 fully saturated rings. The van der Waals surface area contributed by atoms with E-state index in [-0.39, 0.29) is 29.7 Å². The molecule has 31 heavy (non-hydrogen) atoms. The predicted octanol–water partition coefficient (Wildman–Crippen LogP) is -2.54. The Bertz CT molecular complexity index is 759. The molecule has 0 amide bonds. The highest BCUT2D eigenvalue weighted by molar-refractivity contribution is 5.90. The highest BCUT2D eigenvalue weighted by atomic mass is 16.8. The zero-order valence-corrected chi connectivity index (χ0v) is 16.9. The van der Waals surface area contributed by atoms with Gasteiger partial charge in [0.1, 0.15) is 31.0 Å². The molecule has 3 aliphatic rings. The molecule has 8 unspecified atom stereocenters. The second kappa shape index (κ2) is 9.61. The summed E-state index contributed by atoms with van der Waals surface area (Å²) in [5.74, 6) is -1.96. The van der Waals surface area contributed by atoms with Gasteiger partial charge in [0.05, 0.1) is 31.7 Å². The molecule has 0 spiro atoms. The average molecular weight is 446 g/mol. The van der Waals surface area contributed by atoms with Crippen molar-refractivity contribution in [1.29, 1.82) is 0 Å². The number of hydrogen-bond acceptors (Lipinski definition) is 12. The van der Waals surface area contributed by atoms with Crippen LogP contribution in [0, 0.1) is 5.92 Å². The van der Waals surface area contributed by atoms with Gasteiger partial charge in [0.2, 0.25) is 6.29 Å². The van der Waals surface area contributed by atoms with Gasteiger partial charge in [0.25, 0.3) is 0 Å². The van der Waals surface area contributed by atoms with Crippen LogP contribution in [0.25, 0.3) is 0 Å². The molecule has 0 bridgehead atoms. The molecule has 5 N–H and O–H groups in total. The summed E-state index contributed by atoms with van der Waals surface area (Å²) in [6.45, 7) is 0.266. The van der Waals surface area contributed by atoms with E-state index in [2.05, 4.69) is 0 Å². The third-order valence-electron chi connectivity index (χ3n) is 5.51. The molecule has 0 radical (unpaired) electrons. The molecule has 12 heteroatoms. The molecule has 174 valence electrons. The van der Waals surface area contributed by atoms with Crippen molar-refractivity contribution >= 4 is 11.9 Å². The van der Waals surface area contributed by atoms with Crippen LogP contribution in [0.5, 0.6) is 0 Å². The van der Waals surface area contributed by atoms with E-state index in [9.17, 15) is 35.1 Å². The van der Waals surface area contributed by atoms with Crippen LogP contribution in [-0.4, -0.2) is 101 Å². The fraction of sp³-hybridized carbons (Fsp3) is 0.684. The maximum absolute atomic E-state index is 12.1. The van der Waals surface area contributed by atoms with Gasteiger partial charge in [0.15, 0.2) is 6.29 Å².